The molecular formula is C29H28N6O2. The van der Waals surface area contributed by atoms with Crippen molar-refractivity contribution in [3.63, 3.8) is 0 Å². The maximum Gasteiger partial charge on any atom is 0.189 e. The summed E-state index contributed by atoms with van der Waals surface area (Å²) in [5, 5.41) is 14.0. The van der Waals surface area contributed by atoms with Crippen LogP contribution >= 0.6 is 0 Å². The first kappa shape index (κ1) is 23.3. The Kier molecular flexibility index (Phi) is 6.15. The molecule has 1 saturated heterocycles. The molecule has 6 rings (SSSR count). The zero-order valence-corrected chi connectivity index (χ0v) is 20.6. The maximum absolute atomic E-state index is 9.71. The molecule has 4 heterocycles. The van der Waals surface area contributed by atoms with Crippen LogP contribution in [0.5, 0.6) is 0 Å². The van der Waals surface area contributed by atoms with Crippen LogP contribution in [0.4, 0.5) is 5.82 Å². The molecule has 4 aromatic rings. The van der Waals surface area contributed by atoms with Gasteiger partial charge in [-0.15, -0.1) is 0 Å². The molecule has 1 saturated carbocycles. The van der Waals surface area contributed by atoms with E-state index < -0.39 is 5.41 Å². The Balaban J connectivity index is 1.22. The third kappa shape index (κ3) is 4.58. The van der Waals surface area contributed by atoms with E-state index in [-0.39, 0.29) is 5.82 Å². The third-order valence-electron chi connectivity index (χ3n) is 7.63. The van der Waals surface area contributed by atoms with Crippen molar-refractivity contribution in [2.45, 2.75) is 43.9 Å². The summed E-state index contributed by atoms with van der Waals surface area (Å²) in [5.41, 5.74) is 11.3. The largest absolute Gasteiger partial charge is 0.382 e. The Morgan fingerprint density at radius 2 is 1.92 bits per heavy atom. The zero-order chi connectivity index (χ0) is 25.2. The summed E-state index contributed by atoms with van der Waals surface area (Å²) >= 11 is 0. The number of hydrogen-bond donors (Lipinski definition) is 1. The Hall–Kier alpha value is -4.09. The van der Waals surface area contributed by atoms with Crippen molar-refractivity contribution >= 4 is 5.82 Å². The van der Waals surface area contributed by atoms with Gasteiger partial charge in [0.15, 0.2) is 17.3 Å². The normalized spacial score (nSPS) is 18.3. The first-order chi connectivity index (χ1) is 18.1. The molecule has 0 bridgehead atoms. The van der Waals surface area contributed by atoms with Crippen LogP contribution in [0.15, 0.2) is 59.4 Å². The Morgan fingerprint density at radius 1 is 1.05 bits per heavy atom. The van der Waals surface area contributed by atoms with Crippen LogP contribution in [-0.4, -0.2) is 33.3 Å². The minimum absolute atomic E-state index is 0.263. The molecule has 2 fully saturated rings. The number of nitriles is 1. The summed E-state index contributed by atoms with van der Waals surface area (Å²) in [5.74, 6) is 1.39. The van der Waals surface area contributed by atoms with Gasteiger partial charge in [0.2, 0.25) is 0 Å². The smallest absolute Gasteiger partial charge is 0.189 e. The van der Waals surface area contributed by atoms with E-state index in [1.807, 2.05) is 18.2 Å². The van der Waals surface area contributed by atoms with Gasteiger partial charge in [0.05, 0.1) is 29.1 Å². The van der Waals surface area contributed by atoms with Gasteiger partial charge in [-0.25, -0.2) is 9.97 Å². The van der Waals surface area contributed by atoms with Crippen molar-refractivity contribution in [2.24, 2.45) is 5.92 Å². The number of nitrogens with zero attached hydrogens (tertiary/aromatic N) is 5. The molecule has 0 amide bonds. The van der Waals surface area contributed by atoms with Gasteiger partial charge in [-0.1, -0.05) is 29.4 Å². The molecule has 1 atom stereocenters. The van der Waals surface area contributed by atoms with E-state index in [1.54, 1.807) is 12.4 Å². The highest BCUT2D eigenvalue weighted by atomic mass is 16.5. The number of nitrogens with two attached hydrogens (primary N) is 1. The minimum Gasteiger partial charge on any atom is -0.382 e. The predicted octanol–water partition coefficient (Wildman–Crippen LogP) is 5.36. The van der Waals surface area contributed by atoms with Crippen LogP contribution in [0.3, 0.4) is 0 Å². The second-order valence-electron chi connectivity index (χ2n) is 10.0. The van der Waals surface area contributed by atoms with Gasteiger partial charge in [-0.05, 0) is 62.1 Å². The van der Waals surface area contributed by atoms with E-state index in [2.05, 4.69) is 45.5 Å². The first-order valence-electron chi connectivity index (χ1n) is 12.8. The lowest BCUT2D eigenvalue weighted by Crippen LogP contribution is -2.33. The second-order valence-corrected chi connectivity index (χ2v) is 10.0. The molecule has 0 radical (unpaired) electrons. The average molecular weight is 493 g/mol. The molecule has 186 valence electrons. The Morgan fingerprint density at radius 3 is 2.65 bits per heavy atom. The van der Waals surface area contributed by atoms with Crippen LogP contribution in [0.2, 0.25) is 0 Å². The molecular weight excluding hydrogens is 464 g/mol. The van der Waals surface area contributed by atoms with Gasteiger partial charge < -0.3 is 15.0 Å². The number of aryl methyl sites for hydroxylation is 1. The van der Waals surface area contributed by atoms with Gasteiger partial charge in [0.1, 0.15) is 5.69 Å². The van der Waals surface area contributed by atoms with Gasteiger partial charge in [0, 0.05) is 36.6 Å². The lowest BCUT2D eigenvalue weighted by atomic mass is 9.67. The molecule has 2 N–H and O–H groups in total. The number of ether oxygens (including phenoxy) is 1. The van der Waals surface area contributed by atoms with Crippen molar-refractivity contribution < 1.29 is 9.26 Å². The van der Waals surface area contributed by atoms with E-state index in [0.29, 0.717) is 28.8 Å². The summed E-state index contributed by atoms with van der Waals surface area (Å²) in [4.78, 5) is 13.6. The van der Waals surface area contributed by atoms with Crippen LogP contribution in [0.25, 0.3) is 34.0 Å². The van der Waals surface area contributed by atoms with Crippen LogP contribution in [0.1, 0.15) is 43.4 Å². The number of pyridine rings is 1. The fourth-order valence-electron chi connectivity index (χ4n) is 5.07. The molecule has 3 aromatic heterocycles. The summed E-state index contributed by atoms with van der Waals surface area (Å²) in [6, 6.07) is 16.5. The first-order valence-corrected chi connectivity index (χ1v) is 12.8. The van der Waals surface area contributed by atoms with Crippen molar-refractivity contribution in [2.75, 3.05) is 18.9 Å². The van der Waals surface area contributed by atoms with Crippen molar-refractivity contribution in [1.82, 2.24) is 20.1 Å². The van der Waals surface area contributed by atoms with Crippen LogP contribution in [0, 0.1) is 17.2 Å². The minimum atomic E-state index is -0.500. The van der Waals surface area contributed by atoms with Gasteiger partial charge >= 0.3 is 0 Å². The number of benzene rings is 1. The summed E-state index contributed by atoms with van der Waals surface area (Å²) in [7, 11) is 0. The topological polar surface area (TPSA) is 124 Å². The Bertz CT molecular complexity index is 1450. The van der Waals surface area contributed by atoms with Crippen molar-refractivity contribution in [1.29, 1.82) is 5.26 Å². The van der Waals surface area contributed by atoms with Gasteiger partial charge in [0.25, 0.3) is 0 Å². The van der Waals surface area contributed by atoms with E-state index in [4.69, 9.17) is 20.0 Å². The quantitative estimate of drug-likeness (QED) is 0.366. The second kappa shape index (κ2) is 9.75. The molecule has 8 heteroatoms. The Labute approximate surface area is 215 Å². The number of anilines is 1. The SMILES string of the molecule is N#CC1(c2cc(-c3cnc(N)c(-c4cc(-c5ccc(CC[C@H]6CCOC6)cc5)no4)n3)ccn2)CCC1. The zero-order valence-electron chi connectivity index (χ0n) is 20.6. The summed E-state index contributed by atoms with van der Waals surface area (Å²) in [6.07, 6.45) is 9.41. The lowest BCUT2D eigenvalue weighted by molar-refractivity contribution is 0.184. The maximum atomic E-state index is 9.71. The highest BCUT2D eigenvalue weighted by Gasteiger charge is 2.40. The average Bonchev–Trinajstić information content (AvgIpc) is 3.61. The standard InChI is InChI=1S/C29H28N6O2/c30-18-29(10-1-11-29)26-14-22(8-12-32-26)24-16-33-28(31)27(34-24)25-15-23(35-37-25)21-6-4-19(5-7-21)2-3-20-9-13-36-17-20/h4-8,12,14-16,20H,1-3,9-11,13,17H2,(H2,31,33)/t20-/m0/s1. The number of hydrogen-bond acceptors (Lipinski definition) is 8. The van der Waals surface area contributed by atoms with E-state index in [0.717, 1.165) is 68.6 Å². The van der Waals surface area contributed by atoms with Crippen LogP contribution in [-0.2, 0) is 16.6 Å². The van der Waals surface area contributed by atoms with E-state index in [1.165, 1.54) is 5.56 Å². The fraction of sp³-hybridized carbons (Fsp3) is 0.345. The molecule has 1 aliphatic heterocycles. The molecule has 1 aromatic carbocycles. The van der Waals surface area contributed by atoms with E-state index in [9.17, 15) is 5.26 Å². The molecule has 1 aliphatic carbocycles. The third-order valence-corrected chi connectivity index (χ3v) is 7.63. The number of aromatic nitrogens is 4. The van der Waals surface area contributed by atoms with E-state index >= 15 is 0 Å². The highest BCUT2D eigenvalue weighted by Crippen LogP contribution is 2.43. The summed E-state index contributed by atoms with van der Waals surface area (Å²) < 4.78 is 11.1. The van der Waals surface area contributed by atoms with Gasteiger partial charge in [-0.3, -0.25) is 4.98 Å². The lowest BCUT2D eigenvalue weighted by Gasteiger charge is -2.34. The van der Waals surface area contributed by atoms with Gasteiger partial charge in [-0.2, -0.15) is 5.26 Å². The van der Waals surface area contributed by atoms with Crippen LogP contribution < -0.4 is 5.73 Å². The number of nitrogen functional groups attached to an aromatic ring is 1. The predicted molar refractivity (Wildman–Crippen MR) is 139 cm³/mol. The number of rotatable bonds is 7. The van der Waals surface area contributed by atoms with Crippen molar-refractivity contribution in [3.05, 3.63) is 66.1 Å². The fourth-order valence-corrected chi connectivity index (χ4v) is 5.07. The molecule has 0 unspecified atom stereocenters. The summed E-state index contributed by atoms with van der Waals surface area (Å²) in [6.45, 7) is 1.78. The van der Waals surface area contributed by atoms with Crippen molar-refractivity contribution in [3.8, 4) is 40.0 Å². The highest BCUT2D eigenvalue weighted by molar-refractivity contribution is 5.73. The monoisotopic (exact) mass is 492 g/mol. The molecule has 0 spiro atoms. The molecule has 37 heavy (non-hydrogen) atoms. The molecule has 8 nitrogen and oxygen atoms in total. The molecule has 2 aliphatic rings.